The van der Waals surface area contributed by atoms with Gasteiger partial charge in [0.05, 0.1) is 18.4 Å². The molecule has 1 heterocycles. The van der Waals surface area contributed by atoms with Crippen molar-refractivity contribution in [2.75, 3.05) is 7.11 Å². The van der Waals surface area contributed by atoms with Crippen LogP contribution in [-0.2, 0) is 6.18 Å². The molecule has 2 aromatic carbocycles. The maximum atomic E-state index is 12.7. The summed E-state index contributed by atoms with van der Waals surface area (Å²) in [6.45, 7) is 0. The van der Waals surface area contributed by atoms with Crippen molar-refractivity contribution in [3.05, 3.63) is 59.4 Å². The normalized spacial score (nSPS) is 11.5. The molecule has 0 N–H and O–H groups in total. The highest BCUT2D eigenvalue weighted by Gasteiger charge is 2.30. The van der Waals surface area contributed by atoms with Crippen molar-refractivity contribution in [3.8, 4) is 22.8 Å². The lowest BCUT2D eigenvalue weighted by atomic mass is 10.1. The summed E-state index contributed by atoms with van der Waals surface area (Å²) < 4.78 is 45.0. The number of nitrogens with zero attached hydrogens (tertiary/aromatic N) is 3. The fourth-order valence-electron chi connectivity index (χ4n) is 2.27. The predicted octanol–water partition coefficient (Wildman–Crippen LogP) is 4.62. The van der Waals surface area contributed by atoms with Gasteiger partial charge in [-0.05, 0) is 30.3 Å². The van der Waals surface area contributed by atoms with Crippen LogP contribution in [0.3, 0.4) is 0 Å². The Kier molecular flexibility index (Phi) is 4.19. The molecule has 3 rings (SSSR count). The summed E-state index contributed by atoms with van der Waals surface area (Å²) in [4.78, 5) is 0. The summed E-state index contributed by atoms with van der Waals surface area (Å²) in [5.41, 5.74) is 0.352. The Hall–Kier alpha value is -2.54. The van der Waals surface area contributed by atoms with Crippen LogP contribution in [0.4, 0.5) is 13.2 Å². The molecular formula is C16H11ClF3N3O. The van der Waals surface area contributed by atoms with Gasteiger partial charge in [-0.3, -0.25) is 4.57 Å². The number of hydrogen-bond acceptors (Lipinski definition) is 3. The Balaban J connectivity index is 2.07. The van der Waals surface area contributed by atoms with Gasteiger partial charge in [0.25, 0.3) is 0 Å². The fraction of sp³-hybridized carbons (Fsp3) is 0.125. The van der Waals surface area contributed by atoms with E-state index in [2.05, 4.69) is 10.2 Å². The first kappa shape index (κ1) is 16.3. The lowest BCUT2D eigenvalue weighted by molar-refractivity contribution is -0.137. The number of hydrogen-bond donors (Lipinski definition) is 0. The Bertz CT molecular complexity index is 860. The minimum Gasteiger partial charge on any atom is -0.495 e. The van der Waals surface area contributed by atoms with Crippen LogP contribution in [0.15, 0.2) is 48.8 Å². The van der Waals surface area contributed by atoms with Crippen molar-refractivity contribution in [1.82, 2.24) is 14.8 Å². The van der Waals surface area contributed by atoms with Crippen molar-refractivity contribution in [3.63, 3.8) is 0 Å². The molecule has 0 aliphatic carbocycles. The molecule has 0 bridgehead atoms. The van der Waals surface area contributed by atoms with E-state index < -0.39 is 11.7 Å². The van der Waals surface area contributed by atoms with Gasteiger partial charge >= 0.3 is 6.18 Å². The first-order valence-electron chi connectivity index (χ1n) is 6.81. The third-order valence-electron chi connectivity index (χ3n) is 3.42. The number of alkyl halides is 3. The first-order valence-corrected chi connectivity index (χ1v) is 7.19. The summed E-state index contributed by atoms with van der Waals surface area (Å²) in [6, 6.07) is 9.73. The average molecular weight is 354 g/mol. The maximum Gasteiger partial charge on any atom is 0.416 e. The van der Waals surface area contributed by atoms with E-state index in [1.54, 1.807) is 22.8 Å². The van der Waals surface area contributed by atoms with Crippen molar-refractivity contribution in [2.24, 2.45) is 0 Å². The Morgan fingerprint density at radius 3 is 2.42 bits per heavy atom. The molecule has 0 spiro atoms. The van der Waals surface area contributed by atoms with Gasteiger partial charge in [-0.2, -0.15) is 13.2 Å². The van der Waals surface area contributed by atoms with Crippen LogP contribution in [0.1, 0.15) is 5.56 Å². The number of benzene rings is 2. The van der Waals surface area contributed by atoms with Crippen LogP contribution in [-0.4, -0.2) is 21.9 Å². The topological polar surface area (TPSA) is 39.9 Å². The van der Waals surface area contributed by atoms with Crippen LogP contribution in [0, 0.1) is 0 Å². The van der Waals surface area contributed by atoms with Crippen LogP contribution < -0.4 is 4.74 Å². The molecule has 124 valence electrons. The summed E-state index contributed by atoms with van der Waals surface area (Å²) in [7, 11) is 1.51. The van der Waals surface area contributed by atoms with Gasteiger partial charge in [-0.15, -0.1) is 10.2 Å². The van der Waals surface area contributed by atoms with Gasteiger partial charge in [0, 0.05) is 10.6 Å². The van der Waals surface area contributed by atoms with Gasteiger partial charge in [0.15, 0.2) is 5.82 Å². The predicted molar refractivity (Wildman–Crippen MR) is 83.4 cm³/mol. The minimum absolute atomic E-state index is 0.379. The van der Waals surface area contributed by atoms with Gasteiger partial charge in [0.1, 0.15) is 12.1 Å². The molecule has 0 saturated heterocycles. The van der Waals surface area contributed by atoms with Gasteiger partial charge in [-0.1, -0.05) is 23.7 Å². The number of rotatable bonds is 3. The fourth-order valence-corrected chi connectivity index (χ4v) is 2.43. The van der Waals surface area contributed by atoms with Crippen molar-refractivity contribution < 1.29 is 17.9 Å². The van der Waals surface area contributed by atoms with E-state index in [0.717, 1.165) is 12.1 Å². The monoisotopic (exact) mass is 353 g/mol. The second-order valence-corrected chi connectivity index (χ2v) is 5.35. The van der Waals surface area contributed by atoms with Crippen molar-refractivity contribution in [1.29, 1.82) is 0 Å². The van der Waals surface area contributed by atoms with Gasteiger partial charge < -0.3 is 4.74 Å². The van der Waals surface area contributed by atoms with E-state index in [0.29, 0.717) is 27.8 Å². The molecule has 0 fully saturated rings. The zero-order valence-electron chi connectivity index (χ0n) is 12.4. The molecule has 4 nitrogen and oxygen atoms in total. The SMILES string of the molecule is COc1ccc(Cl)cc1-n1cnnc1-c1ccc(C(F)(F)F)cc1. The third kappa shape index (κ3) is 3.07. The molecule has 0 atom stereocenters. The van der Waals surface area contributed by atoms with E-state index in [1.807, 2.05) is 0 Å². The third-order valence-corrected chi connectivity index (χ3v) is 3.65. The van der Waals surface area contributed by atoms with E-state index in [9.17, 15) is 13.2 Å². The molecular weight excluding hydrogens is 343 g/mol. The van der Waals surface area contributed by atoms with Gasteiger partial charge in [0.2, 0.25) is 0 Å². The van der Waals surface area contributed by atoms with Crippen LogP contribution >= 0.6 is 11.6 Å². The second-order valence-electron chi connectivity index (χ2n) is 4.92. The summed E-state index contributed by atoms with van der Waals surface area (Å²) in [5, 5.41) is 8.32. The Morgan fingerprint density at radius 1 is 1.08 bits per heavy atom. The van der Waals surface area contributed by atoms with Crippen LogP contribution in [0.5, 0.6) is 5.75 Å². The average Bonchev–Trinajstić information content (AvgIpc) is 3.03. The van der Waals surface area contributed by atoms with Crippen molar-refractivity contribution >= 4 is 11.6 Å². The van der Waals surface area contributed by atoms with E-state index in [4.69, 9.17) is 16.3 Å². The van der Waals surface area contributed by atoms with Crippen LogP contribution in [0.2, 0.25) is 5.02 Å². The highest BCUT2D eigenvalue weighted by atomic mass is 35.5. The summed E-state index contributed by atoms with van der Waals surface area (Å²) >= 11 is 6.03. The standard InChI is InChI=1S/C16H11ClF3N3O/c1-24-14-7-6-12(17)8-13(14)23-9-21-22-15(23)10-2-4-11(5-3-10)16(18,19)20/h2-9H,1H3. The second kappa shape index (κ2) is 6.16. The molecule has 8 heteroatoms. The van der Waals surface area contributed by atoms with E-state index in [-0.39, 0.29) is 0 Å². The molecule has 3 aromatic rings. The van der Waals surface area contributed by atoms with E-state index >= 15 is 0 Å². The van der Waals surface area contributed by atoms with Crippen LogP contribution in [0.25, 0.3) is 17.1 Å². The summed E-state index contributed by atoms with van der Waals surface area (Å²) in [6.07, 6.45) is -2.94. The maximum absolute atomic E-state index is 12.7. The molecule has 0 amide bonds. The smallest absolute Gasteiger partial charge is 0.416 e. The highest BCUT2D eigenvalue weighted by Crippen LogP contribution is 2.32. The summed E-state index contributed by atoms with van der Waals surface area (Å²) in [5.74, 6) is 0.914. The van der Waals surface area contributed by atoms with Crippen molar-refractivity contribution in [2.45, 2.75) is 6.18 Å². The quantitative estimate of drug-likeness (QED) is 0.690. The molecule has 24 heavy (non-hydrogen) atoms. The molecule has 1 aromatic heterocycles. The lowest BCUT2D eigenvalue weighted by Gasteiger charge is -2.12. The zero-order chi connectivity index (χ0) is 17.3. The number of ether oxygens (including phenoxy) is 1. The molecule has 0 radical (unpaired) electrons. The largest absolute Gasteiger partial charge is 0.495 e. The molecule has 0 saturated carbocycles. The molecule has 0 aliphatic heterocycles. The Labute approximate surface area is 140 Å². The Morgan fingerprint density at radius 2 is 1.79 bits per heavy atom. The van der Waals surface area contributed by atoms with E-state index in [1.165, 1.54) is 25.6 Å². The number of aromatic nitrogens is 3. The zero-order valence-corrected chi connectivity index (χ0v) is 13.1. The lowest BCUT2D eigenvalue weighted by Crippen LogP contribution is -2.04. The first-order chi connectivity index (χ1) is 11.4. The molecule has 0 unspecified atom stereocenters. The highest BCUT2D eigenvalue weighted by molar-refractivity contribution is 6.30. The number of halogens is 4. The molecule has 0 aliphatic rings. The minimum atomic E-state index is -4.39. The number of methoxy groups -OCH3 is 1. The van der Waals surface area contributed by atoms with Gasteiger partial charge in [-0.25, -0.2) is 0 Å².